The van der Waals surface area contributed by atoms with Crippen molar-refractivity contribution in [2.24, 2.45) is 11.8 Å². The van der Waals surface area contributed by atoms with Gasteiger partial charge in [0, 0.05) is 10.7 Å². The molecule has 5 nitrogen and oxygen atoms in total. The van der Waals surface area contributed by atoms with Gasteiger partial charge in [0.05, 0.1) is 24.7 Å². The van der Waals surface area contributed by atoms with Gasteiger partial charge in [-0.05, 0) is 37.6 Å². The zero-order valence-corrected chi connectivity index (χ0v) is 15.2. The summed E-state index contributed by atoms with van der Waals surface area (Å²) in [5.41, 5.74) is -0.0920. The molecule has 0 radical (unpaired) electrons. The van der Waals surface area contributed by atoms with Crippen molar-refractivity contribution in [2.45, 2.75) is 31.1 Å². The fourth-order valence-corrected chi connectivity index (χ4v) is 4.64. The quantitative estimate of drug-likeness (QED) is 0.587. The van der Waals surface area contributed by atoms with Crippen LogP contribution < -0.4 is 4.90 Å². The minimum Gasteiger partial charge on any atom is -0.466 e. The van der Waals surface area contributed by atoms with E-state index in [4.69, 9.17) is 21.1 Å². The summed E-state index contributed by atoms with van der Waals surface area (Å²) in [6.45, 7) is 5.87. The predicted molar refractivity (Wildman–Crippen MR) is 97.9 cm³/mol. The number of carbonyl (C=O) groups excluding carboxylic acids is 2. The van der Waals surface area contributed by atoms with Gasteiger partial charge >= 0.3 is 5.97 Å². The number of ether oxygens (including phenoxy) is 2. The Morgan fingerprint density at radius 2 is 2.15 bits per heavy atom. The second-order valence-electron chi connectivity index (χ2n) is 6.78. The van der Waals surface area contributed by atoms with E-state index in [1.54, 1.807) is 30.0 Å². The lowest BCUT2D eigenvalue weighted by molar-refractivity contribution is -0.151. The molecule has 3 heterocycles. The average Bonchev–Trinajstić information content (AvgIpc) is 3.26. The van der Waals surface area contributed by atoms with Crippen LogP contribution in [-0.2, 0) is 19.1 Å². The number of carbonyl (C=O) groups is 2. The van der Waals surface area contributed by atoms with Crippen LogP contribution >= 0.6 is 11.6 Å². The smallest absolute Gasteiger partial charge is 0.312 e. The summed E-state index contributed by atoms with van der Waals surface area (Å²) < 4.78 is 11.4. The lowest BCUT2D eigenvalue weighted by Crippen LogP contribution is -2.45. The maximum Gasteiger partial charge on any atom is 0.312 e. The number of esters is 1. The number of hydrogen-bond donors (Lipinski definition) is 0. The fourth-order valence-electron chi connectivity index (χ4n) is 4.51. The molecule has 0 aromatic heterocycles. The molecule has 4 rings (SSSR count). The second kappa shape index (κ2) is 6.25. The first kappa shape index (κ1) is 17.3. The third kappa shape index (κ3) is 2.27. The molecule has 26 heavy (non-hydrogen) atoms. The molecule has 0 N–H and O–H groups in total. The van der Waals surface area contributed by atoms with Crippen molar-refractivity contribution < 1.29 is 19.1 Å². The average molecular weight is 374 g/mol. The highest BCUT2D eigenvalue weighted by Gasteiger charge is 2.71. The first-order valence-electron chi connectivity index (χ1n) is 8.77. The molecular weight excluding hydrogens is 354 g/mol. The topological polar surface area (TPSA) is 55.8 Å². The number of benzene rings is 1. The molecule has 3 aliphatic heterocycles. The molecule has 136 valence electrons. The van der Waals surface area contributed by atoms with Crippen molar-refractivity contribution in [3.63, 3.8) is 0 Å². The van der Waals surface area contributed by atoms with E-state index in [0.717, 1.165) is 5.69 Å². The summed E-state index contributed by atoms with van der Waals surface area (Å²) in [5.74, 6) is -1.70. The number of halogens is 1. The number of amides is 1. The number of fused-ring (bicyclic) bond motifs is 1. The Morgan fingerprint density at radius 1 is 1.42 bits per heavy atom. The molecule has 2 fully saturated rings. The molecule has 2 bridgehead atoms. The highest BCUT2D eigenvalue weighted by molar-refractivity contribution is 6.30. The van der Waals surface area contributed by atoms with E-state index >= 15 is 0 Å². The van der Waals surface area contributed by atoms with Crippen molar-refractivity contribution in [3.05, 3.63) is 54.1 Å². The van der Waals surface area contributed by atoms with E-state index in [9.17, 15) is 9.59 Å². The molecule has 1 amide bonds. The molecule has 1 spiro atoms. The van der Waals surface area contributed by atoms with Crippen LogP contribution in [0.5, 0.6) is 0 Å². The van der Waals surface area contributed by atoms with Gasteiger partial charge in [-0.2, -0.15) is 0 Å². The summed E-state index contributed by atoms with van der Waals surface area (Å²) in [7, 11) is 0. The lowest BCUT2D eigenvalue weighted by Gasteiger charge is -2.32. The monoisotopic (exact) mass is 373 g/mol. The maximum atomic E-state index is 13.4. The minimum absolute atomic E-state index is 0.121. The zero-order chi connectivity index (χ0) is 18.5. The Bertz CT molecular complexity index is 790. The third-order valence-electron chi connectivity index (χ3n) is 5.48. The van der Waals surface area contributed by atoms with Crippen LogP contribution in [0.1, 0.15) is 13.3 Å². The molecule has 5 atom stereocenters. The minimum atomic E-state index is -0.826. The largest absolute Gasteiger partial charge is 0.466 e. The molecule has 2 saturated heterocycles. The normalized spacial score (nSPS) is 34.2. The van der Waals surface area contributed by atoms with E-state index in [2.05, 4.69) is 6.58 Å². The Labute approximate surface area is 157 Å². The number of anilines is 1. The standard InChI is InChI=1S/C20H20ClNO4/c1-3-5-15-20-11-10-14(26-20)16(19(24)25-4-2)17(20)18(23)22(15)13-8-6-12(21)7-9-13/h3,6-11,14-17H,1,4-5H2,2H3/t14-,15+,16+,17-,20+/m0/s1. The highest BCUT2D eigenvalue weighted by Crippen LogP contribution is 2.56. The summed E-state index contributed by atoms with van der Waals surface area (Å²) in [6.07, 6.45) is 5.74. The van der Waals surface area contributed by atoms with E-state index in [0.29, 0.717) is 11.4 Å². The van der Waals surface area contributed by atoms with Crippen LogP contribution in [-0.4, -0.2) is 36.2 Å². The lowest BCUT2D eigenvalue weighted by atomic mass is 9.74. The second-order valence-corrected chi connectivity index (χ2v) is 7.21. The van der Waals surface area contributed by atoms with Crippen molar-refractivity contribution in [3.8, 4) is 0 Å². The first-order valence-corrected chi connectivity index (χ1v) is 9.14. The zero-order valence-electron chi connectivity index (χ0n) is 14.4. The molecule has 0 saturated carbocycles. The summed E-state index contributed by atoms with van der Waals surface area (Å²) in [4.78, 5) is 27.6. The van der Waals surface area contributed by atoms with Gasteiger partial charge in [-0.15, -0.1) is 6.58 Å². The number of hydrogen-bond acceptors (Lipinski definition) is 4. The third-order valence-corrected chi connectivity index (χ3v) is 5.73. The Hall–Kier alpha value is -2.11. The number of rotatable bonds is 5. The van der Waals surface area contributed by atoms with Crippen LogP contribution in [0.3, 0.4) is 0 Å². The molecule has 0 aliphatic carbocycles. The van der Waals surface area contributed by atoms with Crippen LogP contribution in [0.15, 0.2) is 49.1 Å². The van der Waals surface area contributed by atoms with Gasteiger partial charge in [0.1, 0.15) is 11.5 Å². The maximum absolute atomic E-state index is 13.4. The van der Waals surface area contributed by atoms with Crippen LogP contribution in [0.4, 0.5) is 5.69 Å². The van der Waals surface area contributed by atoms with E-state index in [-0.39, 0.29) is 24.5 Å². The van der Waals surface area contributed by atoms with Gasteiger partial charge < -0.3 is 14.4 Å². The number of nitrogens with zero attached hydrogens (tertiary/aromatic N) is 1. The van der Waals surface area contributed by atoms with Gasteiger partial charge in [-0.25, -0.2) is 0 Å². The predicted octanol–water partition coefficient (Wildman–Crippen LogP) is 3.13. The Kier molecular flexibility index (Phi) is 4.16. The summed E-state index contributed by atoms with van der Waals surface area (Å²) in [5, 5.41) is 0.598. The van der Waals surface area contributed by atoms with Crippen LogP contribution in [0.25, 0.3) is 0 Å². The van der Waals surface area contributed by atoms with E-state index < -0.39 is 23.5 Å². The molecule has 0 unspecified atom stereocenters. The highest BCUT2D eigenvalue weighted by atomic mass is 35.5. The van der Waals surface area contributed by atoms with Gasteiger partial charge in [-0.1, -0.05) is 29.8 Å². The fraction of sp³-hybridized carbons (Fsp3) is 0.400. The van der Waals surface area contributed by atoms with Gasteiger partial charge in [0.25, 0.3) is 0 Å². The Balaban J connectivity index is 1.78. The van der Waals surface area contributed by atoms with Crippen LogP contribution in [0, 0.1) is 11.8 Å². The van der Waals surface area contributed by atoms with Gasteiger partial charge in [0.2, 0.25) is 5.91 Å². The molecular formula is C20H20ClNO4. The van der Waals surface area contributed by atoms with Gasteiger partial charge in [0.15, 0.2) is 0 Å². The van der Waals surface area contributed by atoms with E-state index in [1.807, 2.05) is 24.3 Å². The Morgan fingerprint density at radius 3 is 2.81 bits per heavy atom. The van der Waals surface area contributed by atoms with E-state index in [1.165, 1.54) is 0 Å². The van der Waals surface area contributed by atoms with Gasteiger partial charge in [-0.3, -0.25) is 9.59 Å². The molecule has 6 heteroatoms. The van der Waals surface area contributed by atoms with Crippen molar-refractivity contribution >= 4 is 29.2 Å². The molecule has 1 aromatic rings. The van der Waals surface area contributed by atoms with Crippen LogP contribution in [0.2, 0.25) is 5.02 Å². The summed E-state index contributed by atoms with van der Waals surface area (Å²) in [6, 6.07) is 6.85. The van der Waals surface area contributed by atoms with Crippen molar-refractivity contribution in [1.82, 2.24) is 0 Å². The van der Waals surface area contributed by atoms with Crippen molar-refractivity contribution in [2.75, 3.05) is 11.5 Å². The van der Waals surface area contributed by atoms with Crippen molar-refractivity contribution in [1.29, 1.82) is 0 Å². The molecule has 1 aromatic carbocycles. The first-order chi connectivity index (χ1) is 12.5. The SMILES string of the molecule is C=CC[C@H]1N(c2ccc(Cl)cc2)C(=O)[C@@H]2[C@H](C(=O)OCC)[C@@H]3C=C[C@]21O3. The summed E-state index contributed by atoms with van der Waals surface area (Å²) >= 11 is 5.99. The molecule has 3 aliphatic rings.